The second-order valence-electron chi connectivity index (χ2n) is 8.17. The van der Waals surface area contributed by atoms with Crippen LogP contribution in [0.5, 0.6) is 0 Å². The van der Waals surface area contributed by atoms with E-state index >= 15 is 0 Å². The van der Waals surface area contributed by atoms with Crippen molar-refractivity contribution in [2.45, 2.75) is 50.6 Å². The second-order valence-corrected chi connectivity index (χ2v) is 9.16. The van der Waals surface area contributed by atoms with E-state index in [9.17, 15) is 9.59 Å². The number of aromatic nitrogens is 1. The number of benzene rings is 1. The van der Waals surface area contributed by atoms with E-state index in [1.165, 1.54) is 30.6 Å². The summed E-state index contributed by atoms with van der Waals surface area (Å²) in [7, 11) is 0. The Morgan fingerprint density at radius 1 is 1.12 bits per heavy atom. The third-order valence-corrected chi connectivity index (χ3v) is 7.28. The highest BCUT2D eigenvalue weighted by Gasteiger charge is 2.51. The monoisotopic (exact) mass is 342 g/mol. The van der Waals surface area contributed by atoms with E-state index in [0.29, 0.717) is 0 Å². The molecule has 126 valence electrons. The first-order valence-electron chi connectivity index (χ1n) is 9.00. The van der Waals surface area contributed by atoms with Gasteiger partial charge >= 0.3 is 4.87 Å². The van der Waals surface area contributed by atoms with Crippen LogP contribution in [0.15, 0.2) is 29.1 Å². The number of amides is 1. The number of fused-ring (bicyclic) bond motifs is 1. The van der Waals surface area contributed by atoms with E-state index < -0.39 is 0 Å². The van der Waals surface area contributed by atoms with Gasteiger partial charge in [-0.25, -0.2) is 0 Å². The smallest absolute Gasteiger partial charge is 0.308 e. The number of rotatable bonds is 3. The Balaban J connectivity index is 1.38. The summed E-state index contributed by atoms with van der Waals surface area (Å²) in [6, 6.07) is 7.71. The van der Waals surface area contributed by atoms with Crippen molar-refractivity contribution in [2.24, 2.45) is 17.8 Å². The number of hydrogen-bond acceptors (Lipinski definition) is 3. The molecule has 4 bridgehead atoms. The van der Waals surface area contributed by atoms with E-state index in [1.807, 2.05) is 24.3 Å². The van der Waals surface area contributed by atoms with Gasteiger partial charge in [-0.2, -0.15) is 0 Å². The molecule has 0 radical (unpaired) electrons. The second kappa shape index (κ2) is 5.19. The van der Waals surface area contributed by atoms with Crippen LogP contribution in [0, 0.1) is 17.8 Å². The van der Waals surface area contributed by atoms with Crippen LogP contribution < -0.4 is 10.2 Å². The number of nitrogens with one attached hydrogen (secondary N) is 1. The van der Waals surface area contributed by atoms with Crippen molar-refractivity contribution in [1.82, 2.24) is 9.88 Å². The van der Waals surface area contributed by atoms with Crippen LogP contribution in [-0.2, 0) is 11.3 Å². The summed E-state index contributed by atoms with van der Waals surface area (Å²) < 4.78 is 2.57. The minimum atomic E-state index is -0.0446. The molecule has 4 aliphatic carbocycles. The number of para-hydroxylation sites is 1. The van der Waals surface area contributed by atoms with Crippen molar-refractivity contribution in [3.05, 3.63) is 33.9 Å². The van der Waals surface area contributed by atoms with Crippen molar-refractivity contribution in [3.8, 4) is 0 Å². The first-order chi connectivity index (χ1) is 11.6. The van der Waals surface area contributed by atoms with Crippen molar-refractivity contribution >= 4 is 27.5 Å². The molecule has 0 saturated heterocycles. The van der Waals surface area contributed by atoms with E-state index in [2.05, 4.69) is 5.32 Å². The van der Waals surface area contributed by atoms with Crippen molar-refractivity contribution in [3.63, 3.8) is 0 Å². The highest BCUT2D eigenvalue weighted by molar-refractivity contribution is 7.16. The summed E-state index contributed by atoms with van der Waals surface area (Å²) in [5.74, 6) is 2.42. The zero-order chi connectivity index (χ0) is 16.3. The Morgan fingerprint density at radius 3 is 2.42 bits per heavy atom. The Kier molecular flexibility index (Phi) is 3.18. The molecule has 2 aromatic rings. The maximum absolute atomic E-state index is 12.7. The predicted octanol–water partition coefficient (Wildman–Crippen LogP) is 3.15. The first kappa shape index (κ1) is 14.7. The third kappa shape index (κ3) is 2.32. The van der Waals surface area contributed by atoms with Crippen molar-refractivity contribution < 1.29 is 4.79 Å². The summed E-state index contributed by atoms with van der Waals surface area (Å²) in [6.07, 6.45) is 7.52. The molecule has 5 heteroatoms. The molecule has 0 atom stereocenters. The van der Waals surface area contributed by atoms with E-state index in [1.54, 1.807) is 4.57 Å². The number of hydrogen-bond donors (Lipinski definition) is 1. The Morgan fingerprint density at radius 2 is 1.75 bits per heavy atom. The van der Waals surface area contributed by atoms with Gasteiger partial charge in [0.05, 0.1) is 10.2 Å². The summed E-state index contributed by atoms with van der Waals surface area (Å²) in [5.41, 5.74) is 0.884. The van der Waals surface area contributed by atoms with Gasteiger partial charge in [0.25, 0.3) is 0 Å². The van der Waals surface area contributed by atoms with Crippen LogP contribution in [0.3, 0.4) is 0 Å². The number of carbonyl (C=O) groups excluding carboxylic acids is 1. The van der Waals surface area contributed by atoms with Gasteiger partial charge in [0.2, 0.25) is 5.91 Å². The Hall–Kier alpha value is -1.62. The normalized spacial score (nSPS) is 33.9. The molecule has 0 aliphatic heterocycles. The highest BCUT2D eigenvalue weighted by atomic mass is 32.1. The molecule has 1 heterocycles. The molecule has 0 spiro atoms. The maximum atomic E-state index is 12.7. The lowest BCUT2D eigenvalue weighted by atomic mass is 9.53. The van der Waals surface area contributed by atoms with Gasteiger partial charge in [0.15, 0.2) is 0 Å². The van der Waals surface area contributed by atoms with Crippen LogP contribution in [0.25, 0.3) is 10.2 Å². The van der Waals surface area contributed by atoms with Gasteiger partial charge in [-0.1, -0.05) is 23.5 Å². The van der Waals surface area contributed by atoms with Crippen molar-refractivity contribution in [1.29, 1.82) is 0 Å². The van der Waals surface area contributed by atoms with Crippen LogP contribution in [0.2, 0.25) is 0 Å². The van der Waals surface area contributed by atoms with Gasteiger partial charge in [-0.05, 0) is 68.4 Å². The van der Waals surface area contributed by atoms with E-state index in [4.69, 9.17) is 0 Å². The fourth-order valence-corrected chi connectivity index (χ4v) is 6.80. The maximum Gasteiger partial charge on any atom is 0.308 e. The zero-order valence-corrected chi connectivity index (χ0v) is 14.5. The minimum Gasteiger partial charge on any atom is -0.349 e. The fourth-order valence-electron chi connectivity index (χ4n) is 5.91. The van der Waals surface area contributed by atoms with Crippen LogP contribution in [0.1, 0.15) is 38.5 Å². The average Bonchev–Trinajstić information content (AvgIpc) is 2.81. The molecule has 4 aliphatic rings. The average molecular weight is 342 g/mol. The van der Waals surface area contributed by atoms with Crippen molar-refractivity contribution in [2.75, 3.05) is 0 Å². The van der Waals surface area contributed by atoms with Gasteiger partial charge in [0, 0.05) is 5.54 Å². The van der Waals surface area contributed by atoms with Crippen LogP contribution in [-0.4, -0.2) is 16.0 Å². The van der Waals surface area contributed by atoms with E-state index in [-0.39, 0.29) is 22.9 Å². The lowest BCUT2D eigenvalue weighted by Crippen LogP contribution is -2.60. The standard InChI is InChI=1S/C19H22N2O2S/c22-17(11-21-15-3-1-2-4-16(15)24-18(21)23)20-19-8-12-5-13(9-19)7-14(6-12)10-19/h1-4,12-14H,5-11H2,(H,20,22). The quantitative estimate of drug-likeness (QED) is 0.931. The molecule has 24 heavy (non-hydrogen) atoms. The first-order valence-corrected chi connectivity index (χ1v) is 9.81. The number of thiazole rings is 1. The zero-order valence-electron chi connectivity index (χ0n) is 13.7. The highest BCUT2D eigenvalue weighted by Crippen LogP contribution is 2.55. The third-order valence-electron chi connectivity index (χ3n) is 6.32. The molecule has 4 saturated carbocycles. The Bertz CT molecular complexity index is 830. The van der Waals surface area contributed by atoms with Gasteiger partial charge < -0.3 is 5.32 Å². The molecular formula is C19H22N2O2S. The topological polar surface area (TPSA) is 51.1 Å². The molecule has 4 nitrogen and oxygen atoms in total. The summed E-state index contributed by atoms with van der Waals surface area (Å²) >= 11 is 1.22. The van der Waals surface area contributed by atoms with Gasteiger partial charge in [-0.3, -0.25) is 14.2 Å². The van der Waals surface area contributed by atoms with E-state index in [0.717, 1.165) is 47.2 Å². The van der Waals surface area contributed by atoms with Gasteiger partial charge in [-0.15, -0.1) is 0 Å². The number of nitrogens with zero attached hydrogens (tertiary/aromatic N) is 1. The summed E-state index contributed by atoms with van der Waals surface area (Å²) in [6.45, 7) is 0.143. The lowest BCUT2D eigenvalue weighted by Gasteiger charge is -2.56. The SMILES string of the molecule is O=C(Cn1c(=O)sc2ccccc21)NC12CC3CC(CC(C3)C1)C2. The molecular weight excluding hydrogens is 320 g/mol. The summed E-state index contributed by atoms with van der Waals surface area (Å²) in [4.78, 5) is 24.9. The summed E-state index contributed by atoms with van der Waals surface area (Å²) in [5, 5.41) is 3.36. The molecule has 4 fully saturated rings. The fraction of sp³-hybridized carbons (Fsp3) is 0.579. The predicted molar refractivity (Wildman–Crippen MR) is 95.1 cm³/mol. The molecule has 1 aromatic carbocycles. The van der Waals surface area contributed by atoms with Gasteiger partial charge in [0.1, 0.15) is 6.54 Å². The molecule has 1 aromatic heterocycles. The molecule has 6 rings (SSSR count). The number of carbonyl (C=O) groups is 1. The lowest BCUT2D eigenvalue weighted by molar-refractivity contribution is -0.127. The largest absolute Gasteiger partial charge is 0.349 e. The van der Waals surface area contributed by atoms with Crippen LogP contribution in [0.4, 0.5) is 0 Å². The minimum absolute atomic E-state index is 0.00241. The molecule has 0 unspecified atom stereocenters. The molecule has 1 amide bonds. The Labute approximate surface area is 144 Å². The molecule has 1 N–H and O–H groups in total. The van der Waals surface area contributed by atoms with Crippen LogP contribution >= 0.6 is 11.3 Å².